The maximum Gasteiger partial charge on any atom is -0.0332 e. The first kappa shape index (κ1) is 8.59. The Labute approximate surface area is 76.7 Å². The van der Waals surface area contributed by atoms with Crippen molar-refractivity contribution in [3.05, 3.63) is 0 Å². The van der Waals surface area contributed by atoms with Crippen LogP contribution in [0.1, 0.15) is 46.5 Å². The molecule has 0 heterocycles. The van der Waals surface area contributed by atoms with Crippen LogP contribution in [0.25, 0.3) is 0 Å². The standard InChI is InChI=1S/C12H22/c1-4-8(2)12-9(3)5-6-10-7-11(10)12/h8-12H,4-7H2,1-3H3. The molecule has 0 amide bonds. The van der Waals surface area contributed by atoms with Crippen LogP contribution in [0, 0.1) is 29.6 Å². The van der Waals surface area contributed by atoms with E-state index in [4.69, 9.17) is 0 Å². The summed E-state index contributed by atoms with van der Waals surface area (Å²) in [5.41, 5.74) is 0. The molecule has 0 aromatic rings. The number of hydrogen-bond donors (Lipinski definition) is 0. The fraction of sp³-hybridized carbons (Fsp3) is 1.00. The quantitative estimate of drug-likeness (QED) is 0.586. The van der Waals surface area contributed by atoms with Crippen LogP contribution in [0.5, 0.6) is 0 Å². The Hall–Kier alpha value is 0. The number of rotatable bonds is 2. The second-order valence-corrected chi connectivity index (χ2v) is 5.18. The lowest BCUT2D eigenvalue weighted by Gasteiger charge is -2.33. The molecule has 12 heavy (non-hydrogen) atoms. The number of hydrogen-bond acceptors (Lipinski definition) is 0. The third-order valence-electron chi connectivity index (χ3n) is 4.42. The molecular weight excluding hydrogens is 144 g/mol. The van der Waals surface area contributed by atoms with Gasteiger partial charge in [-0.1, -0.05) is 33.6 Å². The minimum atomic E-state index is 0.982. The maximum absolute atomic E-state index is 2.48. The monoisotopic (exact) mass is 166 g/mol. The van der Waals surface area contributed by atoms with Crippen LogP contribution in [-0.4, -0.2) is 0 Å². The van der Waals surface area contributed by atoms with Crippen molar-refractivity contribution in [2.45, 2.75) is 46.5 Å². The SMILES string of the molecule is CCC(C)C1C(C)CCC2CC21. The smallest absolute Gasteiger partial charge is 0.0332 e. The fourth-order valence-corrected chi connectivity index (χ4v) is 3.42. The topological polar surface area (TPSA) is 0 Å². The van der Waals surface area contributed by atoms with Crippen molar-refractivity contribution in [1.82, 2.24) is 0 Å². The van der Waals surface area contributed by atoms with Gasteiger partial charge in [0.2, 0.25) is 0 Å². The predicted molar refractivity (Wildman–Crippen MR) is 52.9 cm³/mol. The van der Waals surface area contributed by atoms with E-state index in [0.29, 0.717) is 0 Å². The Bertz CT molecular complexity index is 155. The first-order chi connectivity index (χ1) is 5.74. The van der Waals surface area contributed by atoms with Gasteiger partial charge in [0.15, 0.2) is 0 Å². The lowest BCUT2D eigenvalue weighted by Crippen LogP contribution is -2.25. The van der Waals surface area contributed by atoms with E-state index in [-0.39, 0.29) is 0 Å². The van der Waals surface area contributed by atoms with E-state index < -0.39 is 0 Å². The third-order valence-corrected chi connectivity index (χ3v) is 4.42. The summed E-state index contributed by atoms with van der Waals surface area (Å²) in [6.45, 7) is 7.29. The van der Waals surface area contributed by atoms with E-state index in [1.807, 2.05) is 0 Å². The van der Waals surface area contributed by atoms with Crippen molar-refractivity contribution in [3.63, 3.8) is 0 Å². The van der Waals surface area contributed by atoms with Crippen molar-refractivity contribution < 1.29 is 0 Å². The average Bonchev–Trinajstić information content (AvgIpc) is 2.82. The molecule has 0 bridgehead atoms. The maximum atomic E-state index is 2.48. The van der Waals surface area contributed by atoms with Gasteiger partial charge in [0, 0.05) is 0 Å². The molecule has 2 rings (SSSR count). The second kappa shape index (κ2) is 3.05. The summed E-state index contributed by atoms with van der Waals surface area (Å²) < 4.78 is 0. The Morgan fingerprint density at radius 1 is 1.33 bits per heavy atom. The lowest BCUT2D eigenvalue weighted by atomic mass is 9.73. The molecule has 0 radical (unpaired) electrons. The summed E-state index contributed by atoms with van der Waals surface area (Å²) >= 11 is 0. The zero-order chi connectivity index (χ0) is 8.72. The first-order valence-electron chi connectivity index (χ1n) is 5.74. The van der Waals surface area contributed by atoms with Crippen molar-refractivity contribution in [2.24, 2.45) is 29.6 Å². The van der Waals surface area contributed by atoms with Crippen LogP contribution < -0.4 is 0 Å². The molecule has 0 aliphatic heterocycles. The molecule has 0 saturated heterocycles. The number of fused-ring (bicyclic) bond motifs is 1. The predicted octanol–water partition coefficient (Wildman–Crippen LogP) is 3.71. The minimum Gasteiger partial charge on any atom is -0.0651 e. The molecule has 70 valence electrons. The Morgan fingerprint density at radius 2 is 2.08 bits per heavy atom. The van der Waals surface area contributed by atoms with Gasteiger partial charge in [-0.3, -0.25) is 0 Å². The molecule has 0 N–H and O–H groups in total. The van der Waals surface area contributed by atoms with Gasteiger partial charge >= 0.3 is 0 Å². The highest BCUT2D eigenvalue weighted by atomic mass is 14.5. The summed E-state index contributed by atoms with van der Waals surface area (Å²) in [5.74, 6) is 5.37. The highest BCUT2D eigenvalue weighted by molar-refractivity contribution is 4.98. The average molecular weight is 166 g/mol. The van der Waals surface area contributed by atoms with E-state index in [0.717, 1.165) is 29.6 Å². The molecular formula is C12H22. The largest absolute Gasteiger partial charge is 0.0651 e. The van der Waals surface area contributed by atoms with Gasteiger partial charge in [-0.25, -0.2) is 0 Å². The van der Waals surface area contributed by atoms with E-state index in [9.17, 15) is 0 Å². The van der Waals surface area contributed by atoms with Crippen LogP contribution in [0.15, 0.2) is 0 Å². The summed E-state index contributed by atoms with van der Waals surface area (Å²) in [5, 5.41) is 0. The minimum absolute atomic E-state index is 0.982. The molecule has 5 unspecified atom stereocenters. The summed E-state index contributed by atoms with van der Waals surface area (Å²) in [6, 6.07) is 0. The third kappa shape index (κ3) is 1.30. The molecule has 2 saturated carbocycles. The van der Waals surface area contributed by atoms with Crippen LogP contribution in [-0.2, 0) is 0 Å². The summed E-state index contributed by atoms with van der Waals surface area (Å²) in [6.07, 6.45) is 6.01. The zero-order valence-electron chi connectivity index (χ0n) is 8.72. The normalized spacial score (nSPS) is 48.2. The van der Waals surface area contributed by atoms with E-state index >= 15 is 0 Å². The van der Waals surface area contributed by atoms with Gasteiger partial charge in [0.05, 0.1) is 0 Å². The fourth-order valence-electron chi connectivity index (χ4n) is 3.42. The van der Waals surface area contributed by atoms with E-state index in [2.05, 4.69) is 20.8 Å². The Morgan fingerprint density at radius 3 is 2.75 bits per heavy atom. The van der Waals surface area contributed by atoms with Crippen LogP contribution in [0.2, 0.25) is 0 Å². The van der Waals surface area contributed by atoms with Crippen molar-refractivity contribution in [3.8, 4) is 0 Å². The van der Waals surface area contributed by atoms with Crippen molar-refractivity contribution in [2.75, 3.05) is 0 Å². The first-order valence-corrected chi connectivity index (χ1v) is 5.74. The van der Waals surface area contributed by atoms with E-state index in [1.54, 1.807) is 12.8 Å². The highest BCUT2D eigenvalue weighted by Gasteiger charge is 2.48. The molecule has 0 nitrogen and oxygen atoms in total. The van der Waals surface area contributed by atoms with Crippen molar-refractivity contribution in [1.29, 1.82) is 0 Å². The summed E-state index contributed by atoms with van der Waals surface area (Å²) in [7, 11) is 0. The van der Waals surface area contributed by atoms with Gasteiger partial charge in [-0.2, -0.15) is 0 Å². The van der Waals surface area contributed by atoms with E-state index in [1.165, 1.54) is 12.8 Å². The second-order valence-electron chi connectivity index (χ2n) is 5.18. The van der Waals surface area contributed by atoms with Gasteiger partial charge in [-0.15, -0.1) is 0 Å². The molecule has 0 aromatic heterocycles. The van der Waals surface area contributed by atoms with Gasteiger partial charge in [0.1, 0.15) is 0 Å². The Kier molecular flexibility index (Phi) is 2.18. The van der Waals surface area contributed by atoms with Gasteiger partial charge < -0.3 is 0 Å². The summed E-state index contributed by atoms with van der Waals surface area (Å²) in [4.78, 5) is 0. The van der Waals surface area contributed by atoms with Crippen molar-refractivity contribution >= 4 is 0 Å². The van der Waals surface area contributed by atoms with Crippen LogP contribution in [0.3, 0.4) is 0 Å². The zero-order valence-corrected chi connectivity index (χ0v) is 8.72. The molecule has 2 aliphatic rings. The van der Waals surface area contributed by atoms with Crippen LogP contribution in [0.4, 0.5) is 0 Å². The Balaban J connectivity index is 2.01. The molecule has 0 spiro atoms. The molecule has 0 aromatic carbocycles. The highest BCUT2D eigenvalue weighted by Crippen LogP contribution is 2.57. The molecule has 5 atom stereocenters. The molecule has 2 aliphatic carbocycles. The van der Waals surface area contributed by atoms with Crippen LogP contribution >= 0.6 is 0 Å². The van der Waals surface area contributed by atoms with Gasteiger partial charge in [0.25, 0.3) is 0 Å². The lowest BCUT2D eigenvalue weighted by molar-refractivity contribution is 0.165. The molecule has 0 heteroatoms. The van der Waals surface area contributed by atoms with Gasteiger partial charge in [-0.05, 0) is 42.4 Å². The molecule has 2 fully saturated rings.